The maximum atomic E-state index is 14.8. The number of rotatable bonds is 18. The van der Waals surface area contributed by atoms with Crippen LogP contribution in [0.4, 0.5) is 0 Å². The minimum atomic E-state index is -1.31. The van der Waals surface area contributed by atoms with Gasteiger partial charge in [-0.05, 0) is 51.0 Å². The van der Waals surface area contributed by atoms with E-state index >= 15 is 0 Å². The summed E-state index contributed by atoms with van der Waals surface area (Å²) in [5.74, 6) is -3.26. The predicted molar refractivity (Wildman–Crippen MR) is 196 cm³/mol. The third kappa shape index (κ3) is 7.60. The van der Waals surface area contributed by atoms with E-state index in [4.69, 9.17) is 9.47 Å². The number of hydrogen-bond acceptors (Lipinski definition) is 7. The van der Waals surface area contributed by atoms with E-state index in [-0.39, 0.29) is 54.1 Å². The Morgan fingerprint density at radius 1 is 1.16 bits per heavy atom. The molecule has 1 spiro atoms. The molecule has 3 aliphatic heterocycles. The van der Waals surface area contributed by atoms with E-state index in [0.717, 1.165) is 12.8 Å². The third-order valence-electron chi connectivity index (χ3n) is 10.8. The molecular formula is C39H56BrN3O7. The van der Waals surface area contributed by atoms with Gasteiger partial charge in [0.25, 0.3) is 0 Å². The summed E-state index contributed by atoms with van der Waals surface area (Å²) < 4.78 is 13.1. The highest BCUT2D eigenvalue weighted by Gasteiger charge is 2.77. The molecule has 3 heterocycles. The lowest BCUT2D eigenvalue weighted by Gasteiger charge is -2.41. The number of halogens is 1. The number of allylic oxidation sites excluding steroid dienone is 1. The molecule has 0 saturated carbocycles. The molecule has 3 saturated heterocycles. The third-order valence-corrected chi connectivity index (χ3v) is 11.6. The van der Waals surface area contributed by atoms with Gasteiger partial charge in [0, 0.05) is 30.9 Å². The van der Waals surface area contributed by atoms with Crippen molar-refractivity contribution in [3.05, 3.63) is 61.2 Å². The van der Waals surface area contributed by atoms with Gasteiger partial charge in [0.05, 0.1) is 36.6 Å². The molecule has 1 N–H and O–H groups in total. The summed E-state index contributed by atoms with van der Waals surface area (Å²) in [7, 11) is 1.69. The molecule has 0 aliphatic carbocycles. The Morgan fingerprint density at radius 3 is 2.42 bits per heavy atom. The van der Waals surface area contributed by atoms with Gasteiger partial charge in [-0.15, -0.1) is 13.2 Å². The number of aliphatic hydroxyl groups excluding tert-OH is 1. The maximum absolute atomic E-state index is 14.8. The standard InChI is InChI=1S/C39H56BrN3O7/c1-9-12-19-30(45)41(8)26(7)33(27-17-14-13-15-18-27)49-38(48)31-32-36(46)43(28(23-44)21-24(4)5)35(39(32)22-29(40)34(31)50-39)37(47)42(20-11-3)25(6)16-10-2/h9,11,13-15,17-18,24-26,28-29,31-35,44H,1,3,10,12,16,19-23H2,2,4-8H3/t25?,26-,28+,29?,31+,32-,33+,34+,35+,39-/m0/s1. The molecule has 50 heavy (non-hydrogen) atoms. The van der Waals surface area contributed by atoms with E-state index in [1.54, 1.807) is 29.0 Å². The summed E-state index contributed by atoms with van der Waals surface area (Å²) in [4.78, 5) is 61.8. The van der Waals surface area contributed by atoms with Gasteiger partial charge in [-0.3, -0.25) is 19.2 Å². The van der Waals surface area contributed by atoms with Crippen molar-refractivity contribution in [1.29, 1.82) is 0 Å². The van der Waals surface area contributed by atoms with Crippen molar-refractivity contribution in [3.8, 4) is 0 Å². The Bertz CT molecular complexity index is 1390. The van der Waals surface area contributed by atoms with Crippen LogP contribution in [0.25, 0.3) is 0 Å². The number of carbonyl (C=O) groups excluding carboxylic acids is 4. The number of amides is 3. The first-order valence-electron chi connectivity index (χ1n) is 18.1. The molecule has 1 aromatic rings. The molecule has 4 rings (SSSR count). The zero-order valence-corrected chi connectivity index (χ0v) is 32.1. The molecule has 11 heteroatoms. The minimum Gasteiger partial charge on any atom is -0.455 e. The number of nitrogens with zero attached hydrogens (tertiary/aromatic N) is 3. The van der Waals surface area contributed by atoms with Gasteiger partial charge in [-0.1, -0.05) is 85.6 Å². The van der Waals surface area contributed by atoms with Gasteiger partial charge in [-0.2, -0.15) is 0 Å². The lowest BCUT2D eigenvalue weighted by Crippen LogP contribution is -2.60. The van der Waals surface area contributed by atoms with Crippen molar-refractivity contribution in [2.45, 2.75) is 120 Å². The SMILES string of the molecule is C=CCCC(=O)N(C)[C@@H](C)[C@@H](OC(=O)[C@H]1[C@@H]2O[C@@]3(CC2Br)[C@@H]1C(=O)N([C@@H](CO)CC(C)C)[C@@H]3C(=O)N(CC=C)C(C)CCC)c1ccccc1. The quantitative estimate of drug-likeness (QED) is 0.120. The lowest BCUT2D eigenvalue weighted by molar-refractivity contribution is -0.165. The number of esters is 1. The zero-order chi connectivity index (χ0) is 36.9. The second-order valence-corrected chi connectivity index (χ2v) is 15.8. The molecule has 2 bridgehead atoms. The Balaban J connectivity index is 1.77. The molecule has 10 nitrogen and oxygen atoms in total. The van der Waals surface area contributed by atoms with Crippen LogP contribution in [-0.4, -0.2) is 104 Å². The van der Waals surface area contributed by atoms with Crippen LogP contribution in [-0.2, 0) is 28.7 Å². The molecule has 2 unspecified atom stereocenters. The van der Waals surface area contributed by atoms with Gasteiger partial charge < -0.3 is 29.3 Å². The van der Waals surface area contributed by atoms with Crippen molar-refractivity contribution >= 4 is 39.6 Å². The predicted octanol–water partition coefficient (Wildman–Crippen LogP) is 5.44. The fourth-order valence-corrected chi connectivity index (χ4v) is 9.25. The highest BCUT2D eigenvalue weighted by molar-refractivity contribution is 9.09. The van der Waals surface area contributed by atoms with Gasteiger partial charge in [0.1, 0.15) is 17.7 Å². The van der Waals surface area contributed by atoms with Crippen molar-refractivity contribution in [1.82, 2.24) is 14.7 Å². The zero-order valence-electron chi connectivity index (χ0n) is 30.5. The number of ether oxygens (including phenoxy) is 2. The summed E-state index contributed by atoms with van der Waals surface area (Å²) in [6, 6.07) is 6.90. The number of likely N-dealkylation sites (tertiary alicyclic amines) is 1. The lowest BCUT2D eigenvalue weighted by atomic mass is 9.70. The van der Waals surface area contributed by atoms with Crippen LogP contribution in [0.3, 0.4) is 0 Å². The largest absolute Gasteiger partial charge is 0.455 e. The van der Waals surface area contributed by atoms with Crippen LogP contribution in [0.1, 0.15) is 84.8 Å². The smallest absolute Gasteiger partial charge is 0.313 e. The maximum Gasteiger partial charge on any atom is 0.313 e. The van der Waals surface area contributed by atoms with E-state index in [1.165, 1.54) is 4.90 Å². The van der Waals surface area contributed by atoms with Crippen LogP contribution >= 0.6 is 15.9 Å². The fourth-order valence-electron chi connectivity index (χ4n) is 8.31. The van der Waals surface area contributed by atoms with Crippen molar-refractivity contribution < 1.29 is 33.8 Å². The van der Waals surface area contributed by atoms with Gasteiger partial charge in [-0.25, -0.2) is 0 Å². The molecule has 3 fully saturated rings. The minimum absolute atomic E-state index is 0.110. The Morgan fingerprint density at radius 2 is 1.84 bits per heavy atom. The van der Waals surface area contributed by atoms with E-state index in [2.05, 4.69) is 36.0 Å². The number of benzene rings is 1. The second-order valence-electron chi connectivity index (χ2n) is 14.6. The number of likely N-dealkylation sites (N-methyl/N-ethyl adjacent to an activating group) is 1. The summed E-state index contributed by atoms with van der Waals surface area (Å²) in [5.41, 5.74) is -0.599. The van der Waals surface area contributed by atoms with Crippen LogP contribution in [0.5, 0.6) is 0 Å². The number of aliphatic hydroxyl groups is 1. The first kappa shape index (κ1) is 39.8. The normalized spacial score (nSPS) is 27.7. The van der Waals surface area contributed by atoms with Gasteiger partial charge in [0.2, 0.25) is 17.7 Å². The van der Waals surface area contributed by atoms with Gasteiger partial charge in [0.15, 0.2) is 0 Å². The molecular weight excluding hydrogens is 702 g/mol. The highest BCUT2D eigenvalue weighted by Crippen LogP contribution is 2.61. The first-order chi connectivity index (χ1) is 23.8. The van der Waals surface area contributed by atoms with E-state index in [9.17, 15) is 24.3 Å². The van der Waals surface area contributed by atoms with E-state index < -0.39 is 53.7 Å². The van der Waals surface area contributed by atoms with Crippen LogP contribution in [0.15, 0.2) is 55.6 Å². The van der Waals surface area contributed by atoms with Crippen LogP contribution < -0.4 is 0 Å². The average Bonchev–Trinajstić information content (AvgIpc) is 3.69. The molecule has 3 aliphatic rings. The van der Waals surface area contributed by atoms with Gasteiger partial charge >= 0.3 is 5.97 Å². The summed E-state index contributed by atoms with van der Waals surface area (Å²) in [6.07, 6.45) is 5.05. The molecule has 276 valence electrons. The van der Waals surface area contributed by atoms with Crippen molar-refractivity contribution in [3.63, 3.8) is 0 Å². The Kier molecular flexibility index (Phi) is 13.5. The number of fused-ring (bicyclic) bond motifs is 1. The van der Waals surface area contributed by atoms with Crippen molar-refractivity contribution in [2.75, 3.05) is 20.2 Å². The van der Waals surface area contributed by atoms with Crippen LogP contribution in [0.2, 0.25) is 0 Å². The van der Waals surface area contributed by atoms with E-state index in [1.807, 2.05) is 58.0 Å². The molecule has 0 radical (unpaired) electrons. The molecule has 3 amide bonds. The Hall–Kier alpha value is -3.02. The number of alkyl halides is 1. The molecule has 1 aromatic carbocycles. The van der Waals surface area contributed by atoms with Crippen LogP contribution in [0, 0.1) is 17.8 Å². The number of hydrogen-bond donors (Lipinski definition) is 1. The molecule has 10 atom stereocenters. The second kappa shape index (κ2) is 17.0. The summed E-state index contributed by atoms with van der Waals surface area (Å²) >= 11 is 3.76. The van der Waals surface area contributed by atoms with Crippen molar-refractivity contribution in [2.24, 2.45) is 17.8 Å². The summed E-state index contributed by atoms with van der Waals surface area (Å²) in [5, 5.41) is 10.7. The van der Waals surface area contributed by atoms with E-state index in [0.29, 0.717) is 24.8 Å². The first-order valence-corrected chi connectivity index (χ1v) is 19.0. The average molecular weight is 759 g/mol. The fraction of sp³-hybridized carbons (Fsp3) is 0.641. The Labute approximate surface area is 306 Å². The monoisotopic (exact) mass is 757 g/mol. The highest BCUT2D eigenvalue weighted by atomic mass is 79.9. The topological polar surface area (TPSA) is 117 Å². The number of carbonyl (C=O) groups is 4. The molecule has 0 aromatic heterocycles. The summed E-state index contributed by atoms with van der Waals surface area (Å²) in [6.45, 7) is 17.5.